The molecule has 3 rings (SSSR count). The van der Waals surface area contributed by atoms with Gasteiger partial charge in [0.15, 0.2) is 0 Å². The van der Waals surface area contributed by atoms with Crippen molar-refractivity contribution in [3.8, 4) is 5.88 Å². The third-order valence-electron chi connectivity index (χ3n) is 3.18. The Morgan fingerprint density at radius 3 is 2.60 bits per heavy atom. The molecule has 2 aromatic heterocycles. The van der Waals surface area contributed by atoms with E-state index in [0.717, 1.165) is 11.6 Å². The van der Waals surface area contributed by atoms with Gasteiger partial charge in [-0.05, 0) is 5.56 Å². The second-order valence-electron chi connectivity index (χ2n) is 4.84. The molecule has 0 unspecified atom stereocenters. The smallest absolute Gasteiger partial charge is 0.397 e. The maximum Gasteiger partial charge on any atom is 0.397 e. The lowest BCUT2D eigenvalue weighted by molar-refractivity contribution is -0.387. The summed E-state index contributed by atoms with van der Waals surface area (Å²) in [5.41, 5.74) is -1.48. The van der Waals surface area contributed by atoms with E-state index in [1.165, 1.54) is 0 Å². The molecule has 0 bridgehead atoms. The number of sulfone groups is 1. The highest BCUT2D eigenvalue weighted by atomic mass is 32.2. The number of fused-ring (bicyclic) bond motifs is 1. The normalized spacial score (nSPS) is 11.6. The Labute approximate surface area is 144 Å². The number of hydrogen-bond acceptors (Lipinski definition) is 9. The van der Waals surface area contributed by atoms with Gasteiger partial charge in [0.2, 0.25) is 19.1 Å². The van der Waals surface area contributed by atoms with Crippen LogP contribution >= 0.6 is 11.3 Å². The van der Waals surface area contributed by atoms with Crippen LogP contribution in [0.5, 0.6) is 5.88 Å². The molecule has 10 nitrogen and oxygen atoms in total. The Kier molecular flexibility index (Phi) is 4.22. The third-order valence-corrected chi connectivity index (χ3v) is 6.22. The highest BCUT2D eigenvalue weighted by Gasteiger charge is 2.29. The van der Waals surface area contributed by atoms with E-state index in [2.05, 4.69) is 10.1 Å². The van der Waals surface area contributed by atoms with Crippen molar-refractivity contribution in [1.82, 2.24) is 14.6 Å². The van der Waals surface area contributed by atoms with Crippen molar-refractivity contribution < 1.29 is 18.1 Å². The maximum atomic E-state index is 12.5. The van der Waals surface area contributed by atoms with E-state index in [0.29, 0.717) is 16.9 Å². The van der Waals surface area contributed by atoms with Gasteiger partial charge < -0.3 is 4.74 Å². The lowest BCUT2D eigenvalue weighted by Crippen LogP contribution is -2.16. The van der Waals surface area contributed by atoms with E-state index in [-0.39, 0.29) is 15.1 Å². The monoisotopic (exact) mass is 382 g/mol. The van der Waals surface area contributed by atoms with Gasteiger partial charge in [-0.3, -0.25) is 14.9 Å². The summed E-state index contributed by atoms with van der Waals surface area (Å²) in [6, 6.07) is 8.47. The summed E-state index contributed by atoms with van der Waals surface area (Å²) in [5, 5.41) is 14.9. The molecule has 0 aliphatic carbocycles. The summed E-state index contributed by atoms with van der Waals surface area (Å²) >= 11 is 0.638. The molecule has 1 aromatic carbocycles. The molecule has 0 saturated carbocycles. The molecule has 0 amide bonds. The Bertz CT molecular complexity index is 1120. The molecule has 25 heavy (non-hydrogen) atoms. The van der Waals surface area contributed by atoms with Crippen LogP contribution in [0.15, 0.2) is 39.5 Å². The molecule has 0 fully saturated rings. The number of nitro groups is 1. The fraction of sp³-hybridized carbons (Fsp3) is 0.154. The second kappa shape index (κ2) is 6.22. The SMILES string of the molecule is COc1c([N+](=O)[O-])c(=O)nc2sc(S(=O)(=O)Cc3ccccc3)nn12. The molecule has 12 heteroatoms. The van der Waals surface area contributed by atoms with E-state index < -0.39 is 31.9 Å². The second-order valence-corrected chi connectivity index (χ2v) is 7.96. The number of methoxy groups -OCH3 is 1. The van der Waals surface area contributed by atoms with Gasteiger partial charge in [-0.2, -0.15) is 9.50 Å². The summed E-state index contributed by atoms with van der Waals surface area (Å²) < 4.78 is 30.5. The molecule has 3 aromatic rings. The van der Waals surface area contributed by atoms with Gasteiger partial charge in [0.25, 0.3) is 0 Å². The molecule has 0 aliphatic rings. The summed E-state index contributed by atoms with van der Waals surface area (Å²) in [6.07, 6.45) is 0. The van der Waals surface area contributed by atoms with Crippen molar-refractivity contribution in [3.63, 3.8) is 0 Å². The van der Waals surface area contributed by atoms with Gasteiger partial charge in [0, 0.05) is 0 Å². The highest BCUT2D eigenvalue weighted by molar-refractivity contribution is 7.92. The number of nitrogens with zero attached hydrogens (tertiary/aromatic N) is 4. The summed E-state index contributed by atoms with van der Waals surface area (Å²) in [6.45, 7) is 0. The molecule has 0 N–H and O–H groups in total. The van der Waals surface area contributed by atoms with Crippen LogP contribution in [0.3, 0.4) is 0 Å². The van der Waals surface area contributed by atoms with Crippen LogP contribution in [0.25, 0.3) is 4.96 Å². The van der Waals surface area contributed by atoms with E-state index in [1.54, 1.807) is 30.3 Å². The zero-order valence-electron chi connectivity index (χ0n) is 12.6. The summed E-state index contributed by atoms with van der Waals surface area (Å²) in [7, 11) is -2.71. The number of hydrogen-bond donors (Lipinski definition) is 0. The van der Waals surface area contributed by atoms with Crippen molar-refractivity contribution in [2.75, 3.05) is 7.11 Å². The van der Waals surface area contributed by atoms with Gasteiger partial charge in [-0.1, -0.05) is 41.7 Å². The molecule has 130 valence electrons. The van der Waals surface area contributed by atoms with Crippen molar-refractivity contribution >= 4 is 31.8 Å². The van der Waals surface area contributed by atoms with E-state index in [1.807, 2.05) is 0 Å². The molecular formula is C13H10N4O6S2. The molecule has 0 atom stereocenters. The van der Waals surface area contributed by atoms with Gasteiger partial charge in [0.05, 0.1) is 17.8 Å². The quantitative estimate of drug-likeness (QED) is 0.472. The predicted molar refractivity (Wildman–Crippen MR) is 87.7 cm³/mol. The van der Waals surface area contributed by atoms with E-state index in [4.69, 9.17) is 4.74 Å². The Morgan fingerprint density at radius 2 is 2.00 bits per heavy atom. The van der Waals surface area contributed by atoms with E-state index in [9.17, 15) is 23.3 Å². The first-order valence-electron chi connectivity index (χ1n) is 6.72. The number of ether oxygens (including phenoxy) is 1. The molecule has 0 saturated heterocycles. The standard InChI is InChI=1S/C13H10N4O6S2/c1-23-11-9(17(19)20)10(18)14-12-16(11)15-13(24-12)25(21,22)7-8-5-3-2-4-6-8/h2-6H,7H2,1H3. The van der Waals surface area contributed by atoms with Gasteiger partial charge >= 0.3 is 17.1 Å². The third kappa shape index (κ3) is 3.08. The van der Waals surface area contributed by atoms with E-state index >= 15 is 0 Å². The minimum absolute atomic E-state index is 0.112. The lowest BCUT2D eigenvalue weighted by Gasteiger charge is -2.01. The van der Waals surface area contributed by atoms with Crippen LogP contribution in [0.1, 0.15) is 5.56 Å². The Hall–Kier alpha value is -2.86. The topological polar surface area (TPSA) is 134 Å². The van der Waals surface area contributed by atoms with Crippen LogP contribution in [0.2, 0.25) is 0 Å². The van der Waals surface area contributed by atoms with Crippen molar-refractivity contribution in [2.45, 2.75) is 10.1 Å². The van der Waals surface area contributed by atoms with Crippen molar-refractivity contribution in [2.24, 2.45) is 0 Å². The van der Waals surface area contributed by atoms with Crippen molar-refractivity contribution in [3.05, 3.63) is 56.4 Å². The van der Waals surface area contributed by atoms with Crippen LogP contribution in [-0.2, 0) is 15.6 Å². The van der Waals surface area contributed by atoms with Crippen LogP contribution in [0.4, 0.5) is 5.69 Å². The first-order chi connectivity index (χ1) is 11.8. The number of benzene rings is 1. The molecule has 0 radical (unpaired) electrons. The molecular weight excluding hydrogens is 372 g/mol. The first kappa shape index (κ1) is 17.0. The Balaban J connectivity index is 2.16. The summed E-state index contributed by atoms with van der Waals surface area (Å²) in [5.74, 6) is -0.777. The molecule has 2 heterocycles. The largest absolute Gasteiger partial charge is 0.476 e. The minimum Gasteiger partial charge on any atom is -0.476 e. The van der Waals surface area contributed by atoms with Crippen LogP contribution in [0, 0.1) is 10.1 Å². The minimum atomic E-state index is -3.83. The fourth-order valence-corrected chi connectivity index (χ4v) is 4.61. The van der Waals surface area contributed by atoms with Gasteiger partial charge in [-0.25, -0.2) is 8.42 Å². The van der Waals surface area contributed by atoms with Crippen LogP contribution < -0.4 is 10.3 Å². The van der Waals surface area contributed by atoms with Gasteiger partial charge in [-0.15, -0.1) is 5.10 Å². The molecule has 0 spiro atoms. The van der Waals surface area contributed by atoms with Gasteiger partial charge in [0.1, 0.15) is 0 Å². The van der Waals surface area contributed by atoms with Crippen LogP contribution in [-0.4, -0.2) is 35.0 Å². The Morgan fingerprint density at radius 1 is 1.32 bits per heavy atom. The average Bonchev–Trinajstić information content (AvgIpc) is 2.98. The number of rotatable bonds is 5. The first-order valence-corrected chi connectivity index (χ1v) is 9.19. The van der Waals surface area contributed by atoms with Crippen molar-refractivity contribution in [1.29, 1.82) is 0 Å². The maximum absolute atomic E-state index is 12.5. The zero-order chi connectivity index (χ0) is 18.2. The highest BCUT2D eigenvalue weighted by Crippen LogP contribution is 2.28. The lowest BCUT2D eigenvalue weighted by atomic mass is 10.2. The molecule has 0 aliphatic heterocycles. The predicted octanol–water partition coefficient (Wildman–Crippen LogP) is 1.04. The zero-order valence-corrected chi connectivity index (χ0v) is 14.3. The number of aromatic nitrogens is 3. The average molecular weight is 382 g/mol. The summed E-state index contributed by atoms with van der Waals surface area (Å²) in [4.78, 5) is 25.3. The fourth-order valence-electron chi connectivity index (χ4n) is 2.12.